The van der Waals surface area contributed by atoms with Crippen molar-refractivity contribution in [2.45, 2.75) is 6.92 Å². The zero-order valence-electron chi connectivity index (χ0n) is 9.07. The lowest BCUT2D eigenvalue weighted by Gasteiger charge is -1.98. The SMILES string of the molecule is COCCNc1nc2nc(C)cc(Cl)n2n1. The van der Waals surface area contributed by atoms with Gasteiger partial charge in [0, 0.05) is 19.3 Å². The van der Waals surface area contributed by atoms with Gasteiger partial charge in [0.2, 0.25) is 5.95 Å². The first-order valence-electron chi connectivity index (χ1n) is 4.83. The maximum atomic E-state index is 6.00. The van der Waals surface area contributed by atoms with Crippen LogP contribution in [0, 0.1) is 6.92 Å². The van der Waals surface area contributed by atoms with Gasteiger partial charge < -0.3 is 10.1 Å². The largest absolute Gasteiger partial charge is 0.383 e. The van der Waals surface area contributed by atoms with Gasteiger partial charge in [-0.2, -0.15) is 9.50 Å². The maximum Gasteiger partial charge on any atom is 0.255 e. The molecule has 2 aromatic heterocycles. The van der Waals surface area contributed by atoms with E-state index in [2.05, 4.69) is 20.4 Å². The highest BCUT2D eigenvalue weighted by molar-refractivity contribution is 6.29. The van der Waals surface area contributed by atoms with Crippen LogP contribution in [0.4, 0.5) is 5.95 Å². The average molecular weight is 242 g/mol. The summed E-state index contributed by atoms with van der Waals surface area (Å²) >= 11 is 6.00. The summed E-state index contributed by atoms with van der Waals surface area (Å²) in [7, 11) is 1.64. The highest BCUT2D eigenvalue weighted by Gasteiger charge is 2.07. The van der Waals surface area contributed by atoms with Crippen LogP contribution in [-0.2, 0) is 4.74 Å². The van der Waals surface area contributed by atoms with Crippen molar-refractivity contribution in [1.82, 2.24) is 19.6 Å². The zero-order valence-corrected chi connectivity index (χ0v) is 9.82. The Kier molecular flexibility index (Phi) is 3.21. The van der Waals surface area contributed by atoms with E-state index in [-0.39, 0.29) is 0 Å². The Morgan fingerprint density at radius 2 is 2.31 bits per heavy atom. The van der Waals surface area contributed by atoms with Gasteiger partial charge in [0.25, 0.3) is 5.78 Å². The Morgan fingerprint density at radius 3 is 3.06 bits per heavy atom. The van der Waals surface area contributed by atoms with E-state index in [4.69, 9.17) is 16.3 Å². The fourth-order valence-electron chi connectivity index (χ4n) is 1.28. The van der Waals surface area contributed by atoms with Crippen molar-refractivity contribution in [1.29, 1.82) is 0 Å². The molecule has 0 fully saturated rings. The summed E-state index contributed by atoms with van der Waals surface area (Å²) < 4.78 is 6.40. The summed E-state index contributed by atoms with van der Waals surface area (Å²) in [6, 6.07) is 1.74. The van der Waals surface area contributed by atoms with E-state index in [1.807, 2.05) is 6.92 Å². The van der Waals surface area contributed by atoms with Gasteiger partial charge in [0.05, 0.1) is 6.61 Å². The molecule has 0 unspecified atom stereocenters. The quantitative estimate of drug-likeness (QED) is 0.643. The summed E-state index contributed by atoms with van der Waals surface area (Å²) in [6.07, 6.45) is 0. The molecule has 0 radical (unpaired) electrons. The molecule has 0 spiro atoms. The first-order chi connectivity index (χ1) is 7.70. The number of methoxy groups -OCH3 is 1. The predicted molar refractivity (Wildman–Crippen MR) is 60.9 cm³/mol. The summed E-state index contributed by atoms with van der Waals surface area (Å²) in [6.45, 7) is 3.10. The molecule has 0 saturated carbocycles. The third kappa shape index (κ3) is 2.23. The molecule has 0 aliphatic carbocycles. The Labute approximate surface area is 97.6 Å². The molecule has 0 aliphatic rings. The van der Waals surface area contributed by atoms with E-state index < -0.39 is 0 Å². The average Bonchev–Trinajstić information content (AvgIpc) is 2.61. The van der Waals surface area contributed by atoms with Crippen molar-refractivity contribution in [2.24, 2.45) is 0 Å². The van der Waals surface area contributed by atoms with Crippen LogP contribution in [-0.4, -0.2) is 39.8 Å². The van der Waals surface area contributed by atoms with Crippen LogP contribution in [0.1, 0.15) is 5.69 Å². The minimum atomic E-state index is 0.491. The molecule has 7 heteroatoms. The minimum Gasteiger partial charge on any atom is -0.383 e. The van der Waals surface area contributed by atoms with E-state index in [0.717, 1.165) is 5.69 Å². The second-order valence-corrected chi connectivity index (χ2v) is 3.67. The van der Waals surface area contributed by atoms with E-state index in [1.165, 1.54) is 4.52 Å². The number of halogens is 1. The number of nitrogens with zero attached hydrogens (tertiary/aromatic N) is 4. The van der Waals surface area contributed by atoms with Crippen molar-refractivity contribution in [3.63, 3.8) is 0 Å². The normalized spacial score (nSPS) is 10.9. The number of aryl methyl sites for hydroxylation is 1. The molecular weight excluding hydrogens is 230 g/mol. The maximum absolute atomic E-state index is 6.00. The lowest BCUT2D eigenvalue weighted by atomic mass is 10.5. The van der Waals surface area contributed by atoms with Gasteiger partial charge in [-0.3, -0.25) is 0 Å². The van der Waals surface area contributed by atoms with Gasteiger partial charge in [-0.05, 0) is 13.0 Å². The Hall–Kier alpha value is -1.40. The van der Waals surface area contributed by atoms with Crippen LogP contribution in [0.25, 0.3) is 5.78 Å². The van der Waals surface area contributed by atoms with Gasteiger partial charge in [0.15, 0.2) is 0 Å². The Bertz CT molecular complexity index is 498. The number of aromatic nitrogens is 4. The molecule has 0 amide bonds. The van der Waals surface area contributed by atoms with Crippen LogP contribution >= 0.6 is 11.6 Å². The van der Waals surface area contributed by atoms with Crippen LogP contribution in [0.2, 0.25) is 5.15 Å². The topological polar surface area (TPSA) is 64.3 Å². The van der Waals surface area contributed by atoms with Crippen molar-refractivity contribution in [3.05, 3.63) is 16.9 Å². The smallest absolute Gasteiger partial charge is 0.255 e. The molecule has 0 aliphatic heterocycles. The first-order valence-corrected chi connectivity index (χ1v) is 5.21. The molecule has 2 heterocycles. The molecule has 0 saturated heterocycles. The van der Waals surface area contributed by atoms with Crippen molar-refractivity contribution in [3.8, 4) is 0 Å². The van der Waals surface area contributed by atoms with Crippen LogP contribution < -0.4 is 5.32 Å². The van der Waals surface area contributed by atoms with Crippen LogP contribution in [0.15, 0.2) is 6.07 Å². The second kappa shape index (κ2) is 4.63. The number of nitrogens with one attached hydrogen (secondary N) is 1. The lowest BCUT2D eigenvalue weighted by molar-refractivity contribution is 0.210. The Morgan fingerprint density at radius 1 is 1.50 bits per heavy atom. The summed E-state index contributed by atoms with van der Waals surface area (Å²) in [5.41, 5.74) is 0.813. The van der Waals surface area contributed by atoms with Crippen molar-refractivity contribution in [2.75, 3.05) is 25.6 Å². The molecule has 1 N–H and O–H groups in total. The molecule has 0 atom stereocenters. The highest BCUT2D eigenvalue weighted by atomic mass is 35.5. The second-order valence-electron chi connectivity index (χ2n) is 3.29. The monoisotopic (exact) mass is 241 g/mol. The molecule has 16 heavy (non-hydrogen) atoms. The number of hydrogen-bond acceptors (Lipinski definition) is 5. The Balaban J connectivity index is 2.26. The molecule has 0 aromatic carbocycles. The number of rotatable bonds is 4. The molecule has 2 rings (SSSR count). The van der Waals surface area contributed by atoms with Gasteiger partial charge in [0.1, 0.15) is 5.15 Å². The summed E-state index contributed by atoms with van der Waals surface area (Å²) in [4.78, 5) is 8.41. The third-order valence-corrected chi connectivity index (χ3v) is 2.26. The number of hydrogen-bond donors (Lipinski definition) is 1. The van der Waals surface area contributed by atoms with Crippen LogP contribution in [0.3, 0.4) is 0 Å². The summed E-state index contributed by atoms with van der Waals surface area (Å²) in [5.74, 6) is 0.988. The predicted octanol–water partition coefficient (Wildman–Crippen LogP) is 1.14. The number of ether oxygens (including phenoxy) is 1. The van der Waals surface area contributed by atoms with Gasteiger partial charge in [-0.15, -0.1) is 5.10 Å². The third-order valence-electron chi connectivity index (χ3n) is 1.99. The van der Waals surface area contributed by atoms with E-state index in [9.17, 15) is 0 Å². The fourth-order valence-corrected chi connectivity index (χ4v) is 1.55. The number of anilines is 1. The van der Waals surface area contributed by atoms with Crippen LogP contribution in [0.5, 0.6) is 0 Å². The molecule has 0 bridgehead atoms. The van der Waals surface area contributed by atoms with E-state index >= 15 is 0 Å². The standard InChI is InChI=1S/C9H12ClN5O/c1-6-5-7(10)15-9(12-6)13-8(14-15)11-3-4-16-2/h5H,3-4H2,1-2H3,(H,11,14). The van der Waals surface area contributed by atoms with Gasteiger partial charge >= 0.3 is 0 Å². The lowest BCUT2D eigenvalue weighted by Crippen LogP contribution is -2.08. The number of fused-ring (bicyclic) bond motifs is 1. The van der Waals surface area contributed by atoms with Crippen molar-refractivity contribution < 1.29 is 4.74 Å². The first kappa shape index (κ1) is 11.1. The molecular formula is C9H12ClN5O. The molecule has 2 aromatic rings. The zero-order chi connectivity index (χ0) is 11.5. The summed E-state index contributed by atoms with van der Waals surface area (Å²) in [5, 5.41) is 7.68. The van der Waals surface area contributed by atoms with Crippen molar-refractivity contribution >= 4 is 23.3 Å². The van der Waals surface area contributed by atoms with E-state index in [1.54, 1.807) is 13.2 Å². The minimum absolute atomic E-state index is 0.491. The van der Waals surface area contributed by atoms with Gasteiger partial charge in [-0.25, -0.2) is 4.98 Å². The van der Waals surface area contributed by atoms with E-state index in [0.29, 0.717) is 30.0 Å². The molecule has 86 valence electrons. The highest BCUT2D eigenvalue weighted by Crippen LogP contribution is 2.12. The van der Waals surface area contributed by atoms with Gasteiger partial charge in [-0.1, -0.05) is 11.6 Å². The molecule has 6 nitrogen and oxygen atoms in total. The fraction of sp³-hybridized carbons (Fsp3) is 0.444.